The summed E-state index contributed by atoms with van der Waals surface area (Å²) in [5.41, 5.74) is 2.72. The lowest BCUT2D eigenvalue weighted by Gasteiger charge is -2.25. The Balaban J connectivity index is 1.71. The van der Waals surface area contributed by atoms with Crippen LogP contribution in [-0.4, -0.2) is 16.9 Å². The van der Waals surface area contributed by atoms with Crippen LogP contribution < -0.4 is 10.9 Å². The lowest BCUT2D eigenvalue weighted by Crippen LogP contribution is -2.39. The van der Waals surface area contributed by atoms with Crippen LogP contribution in [-0.2, 0) is 12.8 Å². The van der Waals surface area contributed by atoms with Crippen LogP contribution in [0.1, 0.15) is 28.0 Å². The summed E-state index contributed by atoms with van der Waals surface area (Å²) in [7, 11) is 0. The van der Waals surface area contributed by atoms with Gasteiger partial charge in [0.15, 0.2) is 0 Å². The van der Waals surface area contributed by atoms with Crippen LogP contribution in [0.2, 0.25) is 0 Å². The molecule has 1 aliphatic rings. The standard InChI is InChI=1S/C16H16N2O2/c19-15-7-3-6-14(18-15)16(20)17-13-9-8-11-4-1-2-5-12(11)10-13/h1-7,13H,8-10H2,(H,17,20)(H,18,19). The molecule has 0 spiro atoms. The average Bonchev–Trinajstić information content (AvgIpc) is 2.47. The highest BCUT2D eigenvalue weighted by Crippen LogP contribution is 2.21. The van der Waals surface area contributed by atoms with Gasteiger partial charge in [0, 0.05) is 12.1 Å². The summed E-state index contributed by atoms with van der Waals surface area (Å²) < 4.78 is 0. The predicted molar refractivity (Wildman–Crippen MR) is 76.8 cm³/mol. The van der Waals surface area contributed by atoms with E-state index in [4.69, 9.17) is 0 Å². The van der Waals surface area contributed by atoms with Gasteiger partial charge in [-0.25, -0.2) is 0 Å². The molecular weight excluding hydrogens is 252 g/mol. The van der Waals surface area contributed by atoms with Crippen LogP contribution >= 0.6 is 0 Å². The lowest BCUT2D eigenvalue weighted by molar-refractivity contribution is 0.0928. The third-order valence-corrected chi connectivity index (χ3v) is 3.70. The van der Waals surface area contributed by atoms with E-state index in [1.54, 1.807) is 12.1 Å². The molecule has 4 nitrogen and oxygen atoms in total. The SMILES string of the molecule is O=C(NC1CCc2ccccc2C1)c1cccc(=O)[nH]1. The van der Waals surface area contributed by atoms with E-state index in [9.17, 15) is 9.59 Å². The molecule has 0 radical (unpaired) electrons. The predicted octanol–water partition coefficient (Wildman–Crippen LogP) is 1.66. The molecule has 0 aliphatic heterocycles. The van der Waals surface area contributed by atoms with E-state index in [1.807, 2.05) is 12.1 Å². The highest BCUT2D eigenvalue weighted by atomic mass is 16.2. The van der Waals surface area contributed by atoms with Crippen molar-refractivity contribution in [1.29, 1.82) is 0 Å². The van der Waals surface area contributed by atoms with Gasteiger partial charge in [0.2, 0.25) is 5.56 Å². The number of pyridine rings is 1. The Bertz CT molecular complexity index is 691. The number of benzene rings is 1. The van der Waals surface area contributed by atoms with Crippen LogP contribution in [0.25, 0.3) is 0 Å². The zero-order valence-electron chi connectivity index (χ0n) is 11.1. The molecule has 2 aromatic rings. The van der Waals surface area contributed by atoms with Crippen LogP contribution in [0.4, 0.5) is 0 Å². The largest absolute Gasteiger partial charge is 0.348 e. The number of aromatic amines is 1. The molecule has 1 aromatic carbocycles. The fourth-order valence-corrected chi connectivity index (χ4v) is 2.66. The Morgan fingerprint density at radius 1 is 1.10 bits per heavy atom. The van der Waals surface area contributed by atoms with E-state index in [2.05, 4.69) is 22.4 Å². The fraction of sp³-hybridized carbons (Fsp3) is 0.250. The Hall–Kier alpha value is -2.36. The van der Waals surface area contributed by atoms with Gasteiger partial charge in [-0.05, 0) is 36.5 Å². The number of aryl methyl sites for hydroxylation is 1. The minimum atomic E-state index is -0.258. The smallest absolute Gasteiger partial charge is 0.268 e. The minimum Gasteiger partial charge on any atom is -0.348 e. The molecule has 2 N–H and O–H groups in total. The van der Waals surface area contributed by atoms with Crippen molar-refractivity contribution < 1.29 is 4.79 Å². The maximum atomic E-state index is 12.1. The number of rotatable bonds is 2. The zero-order valence-corrected chi connectivity index (χ0v) is 11.1. The van der Waals surface area contributed by atoms with Crippen LogP contribution in [0, 0.1) is 0 Å². The second-order valence-electron chi connectivity index (χ2n) is 5.11. The maximum absolute atomic E-state index is 12.1. The minimum absolute atomic E-state index is 0.126. The number of aromatic nitrogens is 1. The Labute approximate surface area is 116 Å². The van der Waals surface area contributed by atoms with Gasteiger partial charge >= 0.3 is 0 Å². The van der Waals surface area contributed by atoms with Gasteiger partial charge in [-0.1, -0.05) is 30.3 Å². The van der Waals surface area contributed by atoms with Gasteiger partial charge in [-0.3, -0.25) is 9.59 Å². The lowest BCUT2D eigenvalue weighted by atomic mass is 9.88. The number of fused-ring (bicyclic) bond motifs is 1. The molecule has 0 fully saturated rings. The third-order valence-electron chi connectivity index (χ3n) is 3.70. The van der Waals surface area contributed by atoms with Gasteiger partial charge < -0.3 is 10.3 Å². The van der Waals surface area contributed by atoms with E-state index < -0.39 is 0 Å². The first-order valence-corrected chi connectivity index (χ1v) is 6.79. The third kappa shape index (κ3) is 2.64. The molecule has 102 valence electrons. The second kappa shape index (κ2) is 5.33. The summed E-state index contributed by atoms with van der Waals surface area (Å²) in [5.74, 6) is -0.216. The molecule has 1 amide bonds. The van der Waals surface area contributed by atoms with Gasteiger partial charge in [0.05, 0.1) is 0 Å². The number of carbonyl (C=O) groups excluding carboxylic acids is 1. The topological polar surface area (TPSA) is 62.0 Å². The molecule has 1 heterocycles. The molecule has 1 aromatic heterocycles. The number of hydrogen-bond acceptors (Lipinski definition) is 2. The van der Waals surface area contributed by atoms with E-state index >= 15 is 0 Å². The van der Waals surface area contributed by atoms with Gasteiger partial charge in [-0.15, -0.1) is 0 Å². The summed E-state index contributed by atoms with van der Waals surface area (Å²) in [6.45, 7) is 0. The molecule has 0 saturated carbocycles. The van der Waals surface area contributed by atoms with Crippen molar-refractivity contribution in [2.24, 2.45) is 0 Å². The molecule has 0 saturated heterocycles. The second-order valence-corrected chi connectivity index (χ2v) is 5.11. The van der Waals surface area contributed by atoms with Gasteiger partial charge in [-0.2, -0.15) is 0 Å². The zero-order chi connectivity index (χ0) is 13.9. The number of hydrogen-bond donors (Lipinski definition) is 2. The number of amides is 1. The molecule has 4 heteroatoms. The van der Waals surface area contributed by atoms with Crippen molar-refractivity contribution in [3.63, 3.8) is 0 Å². The Morgan fingerprint density at radius 2 is 1.90 bits per heavy atom. The van der Waals surface area contributed by atoms with Crippen molar-refractivity contribution in [2.75, 3.05) is 0 Å². The van der Waals surface area contributed by atoms with Crippen molar-refractivity contribution in [1.82, 2.24) is 10.3 Å². The van der Waals surface area contributed by atoms with Crippen LogP contribution in [0.15, 0.2) is 47.3 Å². The van der Waals surface area contributed by atoms with Gasteiger partial charge in [0.1, 0.15) is 5.69 Å². The molecule has 0 bridgehead atoms. The normalized spacial score (nSPS) is 17.3. The van der Waals surface area contributed by atoms with Crippen molar-refractivity contribution in [3.05, 3.63) is 69.6 Å². The summed E-state index contributed by atoms with van der Waals surface area (Å²) >= 11 is 0. The first-order chi connectivity index (χ1) is 9.72. The molecule has 3 rings (SSSR count). The quantitative estimate of drug-likeness (QED) is 0.870. The molecule has 1 unspecified atom stereocenters. The number of H-pyrrole nitrogens is 1. The molecule has 1 aliphatic carbocycles. The summed E-state index contributed by atoms with van der Waals surface area (Å²) in [5, 5.41) is 2.99. The Kier molecular flexibility index (Phi) is 3.37. The number of nitrogens with one attached hydrogen (secondary N) is 2. The van der Waals surface area contributed by atoms with Crippen molar-refractivity contribution >= 4 is 5.91 Å². The van der Waals surface area contributed by atoms with Crippen molar-refractivity contribution in [3.8, 4) is 0 Å². The first kappa shape index (κ1) is 12.7. The maximum Gasteiger partial charge on any atom is 0.268 e. The van der Waals surface area contributed by atoms with Crippen LogP contribution in [0.5, 0.6) is 0 Å². The van der Waals surface area contributed by atoms with E-state index in [1.165, 1.54) is 17.2 Å². The summed E-state index contributed by atoms with van der Waals surface area (Å²) in [4.78, 5) is 25.9. The van der Waals surface area contributed by atoms with E-state index in [-0.39, 0.29) is 17.5 Å². The average molecular weight is 268 g/mol. The highest BCUT2D eigenvalue weighted by molar-refractivity contribution is 5.92. The van der Waals surface area contributed by atoms with E-state index in [0.29, 0.717) is 5.69 Å². The first-order valence-electron chi connectivity index (χ1n) is 6.79. The fourth-order valence-electron chi connectivity index (χ4n) is 2.66. The summed E-state index contributed by atoms with van der Waals surface area (Å²) in [6, 6.07) is 13.1. The van der Waals surface area contributed by atoms with Crippen LogP contribution in [0.3, 0.4) is 0 Å². The number of carbonyl (C=O) groups is 1. The molecular formula is C16H16N2O2. The molecule has 1 atom stereocenters. The van der Waals surface area contributed by atoms with Crippen molar-refractivity contribution in [2.45, 2.75) is 25.3 Å². The monoisotopic (exact) mass is 268 g/mol. The highest BCUT2D eigenvalue weighted by Gasteiger charge is 2.20. The summed E-state index contributed by atoms with van der Waals surface area (Å²) in [6.07, 6.45) is 2.76. The molecule has 20 heavy (non-hydrogen) atoms. The van der Waals surface area contributed by atoms with Gasteiger partial charge in [0.25, 0.3) is 5.91 Å². The Morgan fingerprint density at radius 3 is 2.70 bits per heavy atom. The van der Waals surface area contributed by atoms with E-state index in [0.717, 1.165) is 19.3 Å².